The van der Waals surface area contributed by atoms with Crippen LogP contribution in [0.25, 0.3) is 10.9 Å². The fraction of sp³-hybridized carbons (Fsp3) is 0.484. The molecular weight excluding hydrogens is 512 g/mol. The molecule has 6 rings (SSSR count). The van der Waals surface area contributed by atoms with Crippen molar-refractivity contribution < 1.29 is 33.6 Å². The van der Waals surface area contributed by atoms with E-state index in [0.717, 1.165) is 28.6 Å². The van der Waals surface area contributed by atoms with Crippen LogP contribution in [0.4, 0.5) is 0 Å². The minimum absolute atomic E-state index is 0.0927. The molecule has 6 atom stereocenters. The Labute approximate surface area is 233 Å². The van der Waals surface area contributed by atoms with Crippen LogP contribution in [0.15, 0.2) is 54.6 Å². The number of carbonyl (C=O) groups excluding carboxylic acids is 2. The van der Waals surface area contributed by atoms with Gasteiger partial charge >= 0.3 is 5.97 Å². The van der Waals surface area contributed by atoms with Crippen LogP contribution in [0.1, 0.15) is 53.0 Å². The number of fused-ring (bicyclic) bond motifs is 6. The van der Waals surface area contributed by atoms with E-state index in [9.17, 15) is 14.7 Å². The summed E-state index contributed by atoms with van der Waals surface area (Å²) in [5.74, 6) is -2.50. The van der Waals surface area contributed by atoms with E-state index in [1.807, 2.05) is 54.6 Å². The quantitative estimate of drug-likeness (QED) is 0.379. The monoisotopic (exact) mass is 548 g/mol. The zero-order valence-electron chi connectivity index (χ0n) is 23.3. The first-order chi connectivity index (χ1) is 19.4. The molecule has 0 spiro atoms. The van der Waals surface area contributed by atoms with E-state index < -0.39 is 30.0 Å². The lowest BCUT2D eigenvalue weighted by atomic mass is 9.64. The molecule has 3 aliphatic rings. The van der Waals surface area contributed by atoms with E-state index >= 15 is 0 Å². The van der Waals surface area contributed by atoms with Gasteiger partial charge < -0.3 is 24.1 Å². The number of hydrogen-bond donors (Lipinski definition) is 1. The van der Waals surface area contributed by atoms with Gasteiger partial charge in [-0.15, -0.1) is 0 Å². The molecular formula is C31H36N2O7. The van der Waals surface area contributed by atoms with Crippen molar-refractivity contribution >= 4 is 22.8 Å². The number of esters is 1. The molecule has 40 heavy (non-hydrogen) atoms. The summed E-state index contributed by atoms with van der Waals surface area (Å²) >= 11 is 0. The highest BCUT2D eigenvalue weighted by Gasteiger charge is 2.61. The molecule has 1 aromatic heterocycles. The van der Waals surface area contributed by atoms with Crippen molar-refractivity contribution in [3.05, 3.63) is 71.4 Å². The van der Waals surface area contributed by atoms with E-state index in [-0.39, 0.29) is 23.8 Å². The first-order valence-corrected chi connectivity index (χ1v) is 13.8. The van der Waals surface area contributed by atoms with E-state index in [0.29, 0.717) is 24.9 Å². The van der Waals surface area contributed by atoms with Crippen LogP contribution in [-0.4, -0.2) is 73.4 Å². The van der Waals surface area contributed by atoms with Gasteiger partial charge in [0.15, 0.2) is 6.10 Å². The lowest BCUT2D eigenvalue weighted by Gasteiger charge is -2.58. The largest absolute Gasteiger partial charge is 0.469 e. The Morgan fingerprint density at radius 2 is 1.65 bits per heavy atom. The van der Waals surface area contributed by atoms with Crippen LogP contribution >= 0.6 is 0 Å². The average molecular weight is 549 g/mol. The number of hydrogen-bond acceptors (Lipinski definition) is 8. The first kappa shape index (κ1) is 27.1. The van der Waals surface area contributed by atoms with Gasteiger partial charge in [-0.2, -0.15) is 0 Å². The van der Waals surface area contributed by atoms with E-state index in [1.165, 1.54) is 7.11 Å². The van der Waals surface area contributed by atoms with Gasteiger partial charge in [0.2, 0.25) is 0 Å². The molecule has 0 radical (unpaired) electrons. The molecule has 212 valence electrons. The Kier molecular flexibility index (Phi) is 7.04. The van der Waals surface area contributed by atoms with Crippen molar-refractivity contribution in [2.75, 3.05) is 35.0 Å². The topological polar surface area (TPSA) is 99.5 Å². The maximum absolute atomic E-state index is 14.2. The average Bonchev–Trinajstić information content (AvgIpc) is 3.34. The molecule has 1 saturated carbocycles. The molecule has 1 aliphatic carbocycles. The highest BCUT2D eigenvalue weighted by molar-refractivity contribution is 6.04. The second-order valence-corrected chi connectivity index (χ2v) is 11.0. The number of ether oxygens (including phenoxy) is 4. The summed E-state index contributed by atoms with van der Waals surface area (Å²) in [5, 5.41) is 11.8. The molecule has 3 aromatic rings. The Bertz CT molecular complexity index is 1420. The van der Waals surface area contributed by atoms with Gasteiger partial charge in [0.25, 0.3) is 11.8 Å². The van der Waals surface area contributed by atoms with Gasteiger partial charge in [0, 0.05) is 44.4 Å². The second kappa shape index (κ2) is 10.4. The summed E-state index contributed by atoms with van der Waals surface area (Å²) in [7, 11) is 6.22. The van der Waals surface area contributed by atoms with Gasteiger partial charge in [-0.1, -0.05) is 36.4 Å². The third-order valence-electron chi connectivity index (χ3n) is 9.40. The molecule has 9 nitrogen and oxygen atoms in total. The van der Waals surface area contributed by atoms with Crippen LogP contribution in [0, 0.1) is 17.8 Å². The van der Waals surface area contributed by atoms with E-state index in [1.54, 1.807) is 25.9 Å². The zero-order chi connectivity index (χ0) is 28.2. The molecule has 1 unspecified atom stereocenters. The Hall–Kier alpha value is -3.08. The second-order valence-electron chi connectivity index (χ2n) is 11.0. The highest BCUT2D eigenvalue weighted by atomic mass is 16.7. The fourth-order valence-electron chi connectivity index (χ4n) is 7.71. The number of rotatable bonds is 5. The summed E-state index contributed by atoms with van der Waals surface area (Å²) in [6, 6.07) is 16.7. The van der Waals surface area contributed by atoms with Crippen molar-refractivity contribution in [1.82, 2.24) is 9.47 Å². The number of methoxy groups -OCH3 is 4. The minimum Gasteiger partial charge on any atom is -0.469 e. The number of aliphatic hydroxyl groups excluding tert-OH is 1. The Morgan fingerprint density at radius 1 is 0.950 bits per heavy atom. The zero-order valence-corrected chi connectivity index (χ0v) is 23.3. The number of aliphatic hydroxyl groups is 1. The smallest absolute Gasteiger partial charge is 0.311 e. The number of benzene rings is 2. The number of para-hydroxylation sites is 1. The Morgan fingerprint density at radius 3 is 2.33 bits per heavy atom. The first-order valence-electron chi connectivity index (χ1n) is 13.8. The van der Waals surface area contributed by atoms with Crippen molar-refractivity contribution in [3.8, 4) is 0 Å². The van der Waals surface area contributed by atoms with E-state index in [4.69, 9.17) is 18.9 Å². The number of piperidine rings is 1. The molecule has 2 aliphatic heterocycles. The van der Waals surface area contributed by atoms with Crippen LogP contribution < -0.4 is 0 Å². The normalized spacial score (nSPS) is 29.3. The Balaban J connectivity index is 1.61. The summed E-state index contributed by atoms with van der Waals surface area (Å²) in [6.07, 6.45) is 0.338. The molecule has 2 aromatic carbocycles. The van der Waals surface area contributed by atoms with Gasteiger partial charge in [-0.05, 0) is 49.3 Å². The van der Waals surface area contributed by atoms with Gasteiger partial charge in [0.1, 0.15) is 0 Å². The van der Waals surface area contributed by atoms with Crippen LogP contribution in [0.5, 0.6) is 0 Å². The number of nitrogens with zero attached hydrogens (tertiary/aromatic N) is 2. The maximum atomic E-state index is 14.2. The molecule has 3 heterocycles. The molecule has 2 fully saturated rings. The molecule has 1 saturated heterocycles. The van der Waals surface area contributed by atoms with Crippen molar-refractivity contribution in [1.29, 1.82) is 0 Å². The van der Waals surface area contributed by atoms with Crippen LogP contribution in [0.2, 0.25) is 0 Å². The standard InChI is InChI=1S/C31H36N2O7/c1-37-28-26-20-12-8-9-13-22(20)33(29(35)18-10-6-5-7-11-18)27(26)23-16-21-19(17-32(23)31(28,39-3)40-4)14-15-24(34)25(21)30(36)38-2/h5-13,19,21,23-25,28,34H,14-17H2,1-4H3/t19-,21-,23-,24-,25+,28?/m0/s1. The third kappa shape index (κ3) is 3.79. The molecule has 1 N–H and O–H groups in total. The van der Waals surface area contributed by atoms with Crippen molar-refractivity contribution in [2.45, 2.75) is 43.4 Å². The maximum Gasteiger partial charge on any atom is 0.311 e. The van der Waals surface area contributed by atoms with Crippen LogP contribution in [0.3, 0.4) is 0 Å². The van der Waals surface area contributed by atoms with Crippen LogP contribution in [-0.2, 0) is 23.7 Å². The predicted molar refractivity (Wildman–Crippen MR) is 146 cm³/mol. The predicted octanol–water partition coefficient (Wildman–Crippen LogP) is 3.90. The van der Waals surface area contributed by atoms with Gasteiger partial charge in [0.05, 0.1) is 36.4 Å². The minimum atomic E-state index is -1.26. The van der Waals surface area contributed by atoms with Gasteiger partial charge in [-0.3, -0.25) is 14.2 Å². The lowest BCUT2D eigenvalue weighted by Crippen LogP contribution is -2.65. The molecule has 0 amide bonds. The van der Waals surface area contributed by atoms with Gasteiger partial charge in [-0.25, -0.2) is 4.90 Å². The highest BCUT2D eigenvalue weighted by Crippen LogP contribution is 2.57. The number of aromatic nitrogens is 1. The summed E-state index contributed by atoms with van der Waals surface area (Å²) in [5.41, 5.74) is 2.96. The summed E-state index contributed by atoms with van der Waals surface area (Å²) in [4.78, 5) is 29.4. The summed E-state index contributed by atoms with van der Waals surface area (Å²) < 4.78 is 25.5. The lowest BCUT2D eigenvalue weighted by molar-refractivity contribution is -0.367. The van der Waals surface area contributed by atoms with E-state index in [2.05, 4.69) is 4.90 Å². The molecule has 9 heteroatoms. The summed E-state index contributed by atoms with van der Waals surface area (Å²) in [6.45, 7) is 0.539. The van der Waals surface area contributed by atoms with Crippen molar-refractivity contribution in [3.63, 3.8) is 0 Å². The number of carbonyl (C=O) groups is 2. The fourth-order valence-corrected chi connectivity index (χ4v) is 7.71. The third-order valence-corrected chi connectivity index (χ3v) is 9.40. The molecule has 0 bridgehead atoms. The van der Waals surface area contributed by atoms with Crippen molar-refractivity contribution in [2.24, 2.45) is 17.8 Å². The SMILES string of the molecule is COC(=O)[C@@H]1[C@H]2C[C@H]3c4c(c5ccccc5n4C(=O)c4ccccc4)C(OC)C(OC)(OC)N3C[C@@H]2CC[C@@H]1O.